The Kier molecular flexibility index (Phi) is 14.2. The zero-order valence-electron chi connectivity index (χ0n) is 36.6. The number of ether oxygens (including phenoxy) is 2. The first-order valence-corrected chi connectivity index (χ1v) is 21.2. The number of likely N-dealkylation sites (tertiary alicyclic amines) is 1. The minimum absolute atomic E-state index is 0.0352. The maximum atomic E-state index is 14.9. The average Bonchev–Trinajstić information content (AvgIpc) is 4.00. The minimum Gasteiger partial charge on any atom is -0.476 e. The van der Waals surface area contributed by atoms with Gasteiger partial charge in [0.05, 0.1) is 28.3 Å². The molecule has 18 heteroatoms. The highest BCUT2D eigenvalue weighted by molar-refractivity contribution is 6.30. The van der Waals surface area contributed by atoms with Gasteiger partial charge in [0.15, 0.2) is 5.60 Å². The van der Waals surface area contributed by atoms with Crippen LogP contribution in [0.2, 0.25) is 5.02 Å². The molecule has 2 aromatic rings. The van der Waals surface area contributed by atoms with E-state index in [2.05, 4.69) is 0 Å². The Bertz CT molecular complexity index is 2020. The number of carbonyl (C=O) groups excluding carboxylic acids is 5. The van der Waals surface area contributed by atoms with Crippen molar-refractivity contribution in [3.63, 3.8) is 0 Å². The van der Waals surface area contributed by atoms with Crippen molar-refractivity contribution >= 4 is 47.0 Å². The summed E-state index contributed by atoms with van der Waals surface area (Å²) in [6, 6.07) is 6.79. The molecular formula is C44H57ClF5N5O7. The first-order chi connectivity index (χ1) is 28.6. The number of hydrogen-bond donors (Lipinski definition) is 1. The highest BCUT2D eigenvalue weighted by Gasteiger charge is 2.47. The number of amides is 5. The van der Waals surface area contributed by atoms with Crippen LogP contribution in [0.3, 0.4) is 0 Å². The molecule has 1 aliphatic carbocycles. The molecule has 1 saturated carbocycles. The van der Waals surface area contributed by atoms with E-state index in [-0.39, 0.29) is 29.9 Å². The predicted octanol–water partition coefficient (Wildman–Crippen LogP) is 8.22. The number of benzene rings is 2. The van der Waals surface area contributed by atoms with Crippen LogP contribution in [-0.4, -0.2) is 112 Å². The molecule has 2 fully saturated rings. The fraction of sp³-hybridized carbons (Fsp3) is 0.614. The van der Waals surface area contributed by atoms with Gasteiger partial charge >= 0.3 is 18.7 Å². The van der Waals surface area contributed by atoms with Crippen LogP contribution in [-0.2, 0) is 30.7 Å². The summed E-state index contributed by atoms with van der Waals surface area (Å²) in [4.78, 5) is 73.6. The van der Waals surface area contributed by atoms with Crippen LogP contribution in [0, 0.1) is 0 Å². The third-order valence-electron chi connectivity index (χ3n) is 11.4. The Balaban J connectivity index is 1.45. The molecule has 0 radical (unpaired) electrons. The summed E-state index contributed by atoms with van der Waals surface area (Å²) in [5.41, 5.74) is -5.01. The fourth-order valence-electron chi connectivity index (χ4n) is 8.13. The molecule has 5 rings (SSSR count). The van der Waals surface area contributed by atoms with E-state index >= 15 is 0 Å². The Morgan fingerprint density at radius 1 is 0.968 bits per heavy atom. The van der Waals surface area contributed by atoms with E-state index in [1.807, 2.05) is 36.2 Å². The van der Waals surface area contributed by atoms with Crippen molar-refractivity contribution in [2.24, 2.45) is 0 Å². The quantitative estimate of drug-likeness (QED) is 0.201. The van der Waals surface area contributed by atoms with Gasteiger partial charge in [0.25, 0.3) is 17.7 Å². The van der Waals surface area contributed by atoms with Crippen LogP contribution in [0.15, 0.2) is 36.4 Å². The van der Waals surface area contributed by atoms with Crippen LogP contribution in [0.4, 0.5) is 32.4 Å². The lowest BCUT2D eigenvalue weighted by Crippen LogP contribution is -2.58. The van der Waals surface area contributed by atoms with Gasteiger partial charge in [0.1, 0.15) is 11.4 Å². The summed E-state index contributed by atoms with van der Waals surface area (Å²) in [6.45, 7) is 14.1. The van der Waals surface area contributed by atoms with Gasteiger partial charge in [-0.2, -0.15) is 22.0 Å². The highest BCUT2D eigenvalue weighted by atomic mass is 35.5. The summed E-state index contributed by atoms with van der Waals surface area (Å²) < 4.78 is 82.1. The first kappa shape index (κ1) is 48.4. The molecule has 2 aromatic carbocycles. The lowest BCUT2D eigenvalue weighted by molar-refractivity contribution is -0.138. The predicted molar refractivity (Wildman–Crippen MR) is 222 cm³/mol. The van der Waals surface area contributed by atoms with E-state index in [0.717, 1.165) is 29.4 Å². The van der Waals surface area contributed by atoms with E-state index in [4.69, 9.17) is 21.1 Å². The van der Waals surface area contributed by atoms with Gasteiger partial charge in [0.2, 0.25) is 5.91 Å². The first-order valence-electron chi connectivity index (χ1n) is 20.9. The molecule has 12 nitrogen and oxygen atoms in total. The Morgan fingerprint density at radius 3 is 2.13 bits per heavy atom. The monoisotopic (exact) mass is 897 g/mol. The van der Waals surface area contributed by atoms with Crippen LogP contribution in [0.5, 0.6) is 5.75 Å². The molecule has 2 atom stereocenters. The molecule has 0 spiro atoms. The van der Waals surface area contributed by atoms with Gasteiger partial charge in [-0.1, -0.05) is 23.7 Å². The van der Waals surface area contributed by atoms with E-state index in [1.54, 1.807) is 46.8 Å². The van der Waals surface area contributed by atoms with Gasteiger partial charge in [-0.05, 0) is 124 Å². The molecular weight excluding hydrogens is 841 g/mol. The number of nitrogens with one attached hydrogen (secondary N) is 1. The summed E-state index contributed by atoms with van der Waals surface area (Å²) in [5.74, 6) is -3.81. The van der Waals surface area contributed by atoms with Crippen LogP contribution < -0.4 is 15.0 Å². The number of hydrogen-bond acceptors (Lipinski definition) is 7. The van der Waals surface area contributed by atoms with Gasteiger partial charge in [0, 0.05) is 49.3 Å². The van der Waals surface area contributed by atoms with Crippen molar-refractivity contribution in [1.29, 1.82) is 0 Å². The smallest absolute Gasteiger partial charge is 0.417 e. The molecule has 1 saturated heterocycles. The molecule has 3 aliphatic rings. The van der Waals surface area contributed by atoms with Crippen molar-refractivity contribution in [2.45, 2.75) is 148 Å². The van der Waals surface area contributed by atoms with Crippen molar-refractivity contribution in [3.8, 4) is 5.75 Å². The number of fused-ring (bicyclic) bond motifs is 1. The van der Waals surface area contributed by atoms with Crippen molar-refractivity contribution < 1.29 is 55.4 Å². The number of piperidine rings is 1. The number of halogens is 6. The van der Waals surface area contributed by atoms with Gasteiger partial charge < -0.3 is 34.4 Å². The van der Waals surface area contributed by atoms with E-state index < -0.39 is 95.4 Å². The standard InChI is InChI=1S/C44H57ClF5N5O7/c1-25(2)55(37(57)31-22-33-34(23-32(31)44(48,49)50)61-43(8,9)39(59)53(33)21-19-51-36(56)35(46)47)30-17-16-29(54(24-30)40(60)62-41(3,4)5)18-20-52(28-14-15-28)38(58)42(6,7)26-10-12-27(45)13-11-26/h10-13,22-23,25,28-30,35H,14-21,24H2,1-9H3,(H,51,56)/t29-,30-/m1/s1. The van der Waals surface area contributed by atoms with Crippen LogP contribution in [0.25, 0.3) is 0 Å². The highest BCUT2D eigenvalue weighted by Crippen LogP contribution is 2.45. The van der Waals surface area contributed by atoms with Gasteiger partial charge in [-0.15, -0.1) is 0 Å². The Hall–Kier alpha value is -4.67. The second-order valence-corrected chi connectivity index (χ2v) is 18.9. The topological polar surface area (TPSA) is 129 Å². The number of nitrogens with zero attached hydrogens (tertiary/aromatic N) is 4. The average molecular weight is 898 g/mol. The number of alkyl halides is 5. The molecule has 0 aromatic heterocycles. The zero-order chi connectivity index (χ0) is 46.3. The number of carbonyl (C=O) groups is 5. The Labute approximate surface area is 364 Å². The summed E-state index contributed by atoms with van der Waals surface area (Å²) in [6.07, 6.45) is -6.40. The summed E-state index contributed by atoms with van der Waals surface area (Å²) in [7, 11) is 0. The van der Waals surface area contributed by atoms with E-state index in [9.17, 15) is 45.9 Å². The molecule has 0 bridgehead atoms. The zero-order valence-corrected chi connectivity index (χ0v) is 37.4. The molecule has 1 N–H and O–H groups in total. The van der Waals surface area contributed by atoms with Crippen LogP contribution >= 0.6 is 11.6 Å². The molecule has 342 valence electrons. The third-order valence-corrected chi connectivity index (χ3v) is 11.7. The Morgan fingerprint density at radius 2 is 1.58 bits per heavy atom. The summed E-state index contributed by atoms with van der Waals surface area (Å²) >= 11 is 6.12. The molecule has 5 amide bonds. The minimum atomic E-state index is -5.07. The van der Waals surface area contributed by atoms with Gasteiger partial charge in [-0.3, -0.25) is 19.2 Å². The van der Waals surface area contributed by atoms with E-state index in [0.29, 0.717) is 36.9 Å². The second kappa shape index (κ2) is 18.2. The second-order valence-electron chi connectivity index (χ2n) is 18.5. The molecule has 62 heavy (non-hydrogen) atoms. The largest absolute Gasteiger partial charge is 0.476 e. The van der Waals surface area contributed by atoms with Crippen molar-refractivity contribution in [3.05, 3.63) is 58.1 Å². The third kappa shape index (κ3) is 10.9. The van der Waals surface area contributed by atoms with Crippen molar-refractivity contribution in [1.82, 2.24) is 20.0 Å². The summed E-state index contributed by atoms with van der Waals surface area (Å²) in [5, 5.41) is 2.54. The SMILES string of the molecule is CC(C)N(C(=O)c1cc2c(cc1C(F)(F)F)OC(C)(C)C(=O)N2CCNC(=O)C(F)F)[C@@H]1CC[C@H](CCN(C(=O)C(C)(C)c2ccc(Cl)cc2)C2CC2)N(C(=O)OC(C)(C)C)C1. The fourth-order valence-corrected chi connectivity index (χ4v) is 8.26. The maximum absolute atomic E-state index is 14.9. The van der Waals surface area contributed by atoms with E-state index in [1.165, 1.54) is 23.6 Å². The lowest BCUT2D eigenvalue weighted by atomic mass is 9.83. The number of rotatable bonds is 13. The van der Waals surface area contributed by atoms with Crippen molar-refractivity contribution in [2.75, 3.05) is 31.1 Å². The molecule has 2 heterocycles. The number of anilines is 1. The lowest BCUT2D eigenvalue weighted by Gasteiger charge is -2.46. The molecule has 2 aliphatic heterocycles. The normalized spacial score (nSPS) is 19.2. The van der Waals surface area contributed by atoms with Gasteiger partial charge in [-0.25, -0.2) is 4.79 Å². The molecule has 0 unspecified atom stereocenters. The van der Waals surface area contributed by atoms with Crippen LogP contribution in [0.1, 0.15) is 116 Å². The maximum Gasteiger partial charge on any atom is 0.417 e.